The van der Waals surface area contributed by atoms with Crippen molar-refractivity contribution in [2.75, 3.05) is 16.5 Å². The van der Waals surface area contributed by atoms with E-state index in [0.29, 0.717) is 18.7 Å². The Morgan fingerprint density at radius 2 is 1.96 bits per heavy atom. The molecule has 0 radical (unpaired) electrons. The Labute approximate surface area is 162 Å². The SMILES string of the molecule is CC.O=C1CCC(N2C(=O)c3cc(N4C=COC4)cc4cccc2c34)C(=O)N1. The second kappa shape index (κ2) is 6.99. The van der Waals surface area contributed by atoms with Crippen LogP contribution in [0, 0.1) is 0 Å². The zero-order valence-electron chi connectivity index (χ0n) is 15.8. The Kier molecular flexibility index (Phi) is 4.50. The molecule has 3 aliphatic heterocycles. The molecule has 3 aliphatic rings. The molecule has 5 rings (SSSR count). The number of rotatable bonds is 2. The van der Waals surface area contributed by atoms with Gasteiger partial charge in [0, 0.05) is 23.7 Å². The Morgan fingerprint density at radius 3 is 2.68 bits per heavy atom. The summed E-state index contributed by atoms with van der Waals surface area (Å²) >= 11 is 0. The molecule has 7 nitrogen and oxygen atoms in total. The lowest BCUT2D eigenvalue weighted by atomic mass is 10.0. The number of hydrogen-bond donors (Lipinski definition) is 1. The highest BCUT2D eigenvalue weighted by Gasteiger charge is 2.40. The van der Waals surface area contributed by atoms with Crippen molar-refractivity contribution in [3.63, 3.8) is 0 Å². The molecule has 3 amide bonds. The van der Waals surface area contributed by atoms with Crippen LogP contribution in [0.5, 0.6) is 0 Å². The van der Waals surface area contributed by atoms with Crippen LogP contribution in [-0.2, 0) is 14.3 Å². The topological polar surface area (TPSA) is 79.0 Å². The lowest BCUT2D eigenvalue weighted by molar-refractivity contribution is -0.134. The molecule has 1 fully saturated rings. The maximum absolute atomic E-state index is 13.2. The second-order valence-electron chi connectivity index (χ2n) is 6.56. The Hall–Kier alpha value is -3.35. The number of ether oxygens (including phenoxy) is 1. The summed E-state index contributed by atoms with van der Waals surface area (Å²) in [6.07, 6.45) is 3.98. The zero-order valence-corrected chi connectivity index (χ0v) is 15.8. The molecule has 2 aromatic carbocycles. The van der Waals surface area contributed by atoms with Crippen molar-refractivity contribution >= 4 is 39.9 Å². The molecule has 1 saturated heterocycles. The van der Waals surface area contributed by atoms with E-state index < -0.39 is 11.9 Å². The summed E-state index contributed by atoms with van der Waals surface area (Å²) in [6.45, 7) is 4.40. The predicted octanol–water partition coefficient (Wildman–Crippen LogP) is 2.90. The fraction of sp³-hybridized carbons (Fsp3) is 0.286. The lowest BCUT2D eigenvalue weighted by Gasteiger charge is -2.30. The Morgan fingerprint density at radius 1 is 1.14 bits per heavy atom. The number of carbonyl (C=O) groups is 3. The van der Waals surface area contributed by atoms with Gasteiger partial charge in [0.1, 0.15) is 12.3 Å². The number of nitrogens with one attached hydrogen (secondary N) is 1. The number of amides is 3. The summed E-state index contributed by atoms with van der Waals surface area (Å²) < 4.78 is 5.24. The monoisotopic (exact) mass is 379 g/mol. The molecule has 3 heterocycles. The van der Waals surface area contributed by atoms with Gasteiger partial charge < -0.3 is 9.64 Å². The largest absolute Gasteiger partial charge is 0.479 e. The quantitative estimate of drug-likeness (QED) is 0.812. The lowest BCUT2D eigenvalue weighted by Crippen LogP contribution is -2.53. The van der Waals surface area contributed by atoms with Gasteiger partial charge in [-0.2, -0.15) is 0 Å². The van der Waals surface area contributed by atoms with E-state index in [1.807, 2.05) is 55.3 Å². The van der Waals surface area contributed by atoms with Gasteiger partial charge in [0.15, 0.2) is 6.73 Å². The van der Waals surface area contributed by atoms with Crippen LogP contribution in [0.1, 0.15) is 37.0 Å². The van der Waals surface area contributed by atoms with E-state index in [-0.39, 0.29) is 18.2 Å². The molecule has 1 N–H and O–H groups in total. The third kappa shape index (κ3) is 2.70. The van der Waals surface area contributed by atoms with Crippen molar-refractivity contribution in [2.24, 2.45) is 0 Å². The molecule has 0 spiro atoms. The standard InChI is InChI=1S/C19H15N3O4.C2H6/c23-16-5-4-15(18(24)20-16)22-14-3-1-2-11-8-12(21-6-7-26-10-21)9-13(17(11)14)19(22)25;1-2/h1-3,6-9,15H,4-5,10H2,(H,20,23,24);1-2H3. The number of anilines is 2. The minimum atomic E-state index is -0.670. The smallest absolute Gasteiger partial charge is 0.259 e. The van der Waals surface area contributed by atoms with E-state index in [4.69, 9.17) is 4.74 Å². The van der Waals surface area contributed by atoms with Crippen LogP contribution in [0.2, 0.25) is 0 Å². The molecule has 1 unspecified atom stereocenters. The average Bonchev–Trinajstić information content (AvgIpc) is 3.33. The zero-order chi connectivity index (χ0) is 19.8. The van der Waals surface area contributed by atoms with Crippen LogP contribution < -0.4 is 15.1 Å². The first-order valence-electron chi connectivity index (χ1n) is 9.42. The highest BCUT2D eigenvalue weighted by atomic mass is 16.5. The molecule has 7 heteroatoms. The van der Waals surface area contributed by atoms with Gasteiger partial charge in [-0.3, -0.25) is 24.6 Å². The Balaban J connectivity index is 0.000000932. The second-order valence-corrected chi connectivity index (χ2v) is 6.56. The van der Waals surface area contributed by atoms with Gasteiger partial charge in [0.05, 0.1) is 11.3 Å². The molecule has 144 valence electrons. The number of carbonyl (C=O) groups excluding carboxylic acids is 3. The van der Waals surface area contributed by atoms with E-state index in [9.17, 15) is 14.4 Å². The summed E-state index contributed by atoms with van der Waals surface area (Å²) in [6, 6.07) is 8.84. The molecular weight excluding hydrogens is 358 g/mol. The van der Waals surface area contributed by atoms with Gasteiger partial charge in [0.25, 0.3) is 5.91 Å². The van der Waals surface area contributed by atoms with Crippen molar-refractivity contribution < 1.29 is 19.1 Å². The summed E-state index contributed by atoms with van der Waals surface area (Å²) in [5, 5.41) is 4.11. The summed E-state index contributed by atoms with van der Waals surface area (Å²) in [4.78, 5) is 40.4. The van der Waals surface area contributed by atoms with Gasteiger partial charge in [-0.25, -0.2) is 0 Å². The van der Waals surface area contributed by atoms with Crippen molar-refractivity contribution in [2.45, 2.75) is 32.7 Å². The van der Waals surface area contributed by atoms with Gasteiger partial charge in [-0.15, -0.1) is 0 Å². The maximum atomic E-state index is 13.2. The third-order valence-corrected chi connectivity index (χ3v) is 5.05. The summed E-state index contributed by atoms with van der Waals surface area (Å²) in [7, 11) is 0. The molecule has 0 bridgehead atoms. The number of piperidine rings is 1. The molecule has 2 aromatic rings. The van der Waals surface area contributed by atoms with Crippen LogP contribution >= 0.6 is 0 Å². The first-order valence-corrected chi connectivity index (χ1v) is 9.42. The van der Waals surface area contributed by atoms with Gasteiger partial charge in [0.2, 0.25) is 11.8 Å². The molecule has 1 atom stereocenters. The van der Waals surface area contributed by atoms with E-state index in [1.165, 1.54) is 4.90 Å². The average molecular weight is 379 g/mol. The molecule has 0 aromatic heterocycles. The predicted molar refractivity (Wildman–Crippen MR) is 106 cm³/mol. The van der Waals surface area contributed by atoms with Crippen molar-refractivity contribution in [1.29, 1.82) is 0 Å². The van der Waals surface area contributed by atoms with E-state index >= 15 is 0 Å². The van der Waals surface area contributed by atoms with Crippen molar-refractivity contribution in [3.8, 4) is 0 Å². The van der Waals surface area contributed by atoms with Crippen molar-refractivity contribution in [3.05, 3.63) is 48.4 Å². The van der Waals surface area contributed by atoms with Crippen LogP contribution in [0.3, 0.4) is 0 Å². The molecule has 28 heavy (non-hydrogen) atoms. The minimum absolute atomic E-state index is 0.211. The van der Waals surface area contributed by atoms with Gasteiger partial charge >= 0.3 is 0 Å². The van der Waals surface area contributed by atoms with E-state index in [2.05, 4.69) is 5.32 Å². The summed E-state index contributed by atoms with van der Waals surface area (Å²) in [5.74, 6) is -0.927. The van der Waals surface area contributed by atoms with E-state index in [1.54, 1.807) is 6.26 Å². The van der Waals surface area contributed by atoms with Gasteiger partial charge in [-0.05, 0) is 30.0 Å². The van der Waals surface area contributed by atoms with Crippen LogP contribution in [0.25, 0.3) is 10.8 Å². The third-order valence-electron chi connectivity index (χ3n) is 5.05. The highest BCUT2D eigenvalue weighted by Crippen LogP contribution is 2.41. The Bertz CT molecular complexity index is 1010. The van der Waals surface area contributed by atoms with Gasteiger partial charge in [-0.1, -0.05) is 26.0 Å². The van der Waals surface area contributed by atoms with Crippen molar-refractivity contribution in [1.82, 2.24) is 5.32 Å². The molecule has 0 saturated carbocycles. The fourth-order valence-electron chi connectivity index (χ4n) is 3.85. The van der Waals surface area contributed by atoms with Crippen LogP contribution in [0.15, 0.2) is 42.8 Å². The molecular formula is C21H21N3O4. The first-order chi connectivity index (χ1) is 13.6. The summed E-state index contributed by atoms with van der Waals surface area (Å²) in [5.41, 5.74) is 2.15. The minimum Gasteiger partial charge on any atom is -0.479 e. The van der Waals surface area contributed by atoms with Crippen LogP contribution in [0.4, 0.5) is 11.4 Å². The number of benzene rings is 2. The highest BCUT2D eigenvalue weighted by molar-refractivity contribution is 6.27. The number of imide groups is 1. The fourth-order valence-corrected chi connectivity index (χ4v) is 3.85. The van der Waals surface area contributed by atoms with Crippen LogP contribution in [-0.4, -0.2) is 30.5 Å². The number of hydrogen-bond acceptors (Lipinski definition) is 5. The van der Waals surface area contributed by atoms with E-state index in [0.717, 1.165) is 22.1 Å². The normalized spacial score (nSPS) is 20.2. The maximum Gasteiger partial charge on any atom is 0.259 e. The number of nitrogens with zero attached hydrogens (tertiary/aromatic N) is 2. The first kappa shape index (κ1) is 18.0. The molecule has 0 aliphatic carbocycles.